The third kappa shape index (κ3) is 2.99. The number of pyridine rings is 1. The third-order valence-electron chi connectivity index (χ3n) is 4.57. The number of quaternary nitrogens is 1. The van der Waals surface area contributed by atoms with E-state index in [1.807, 2.05) is 19.1 Å². The Bertz CT molecular complexity index is 723. The van der Waals surface area contributed by atoms with Crippen molar-refractivity contribution in [2.24, 2.45) is 5.92 Å². The number of rotatable bonds is 2. The minimum atomic E-state index is 0.134. The van der Waals surface area contributed by atoms with Crippen LogP contribution in [0.3, 0.4) is 0 Å². The van der Waals surface area contributed by atoms with E-state index in [1.54, 1.807) is 6.07 Å². The average molecular weight is 306 g/mol. The quantitative estimate of drug-likeness (QED) is 0.878. The highest BCUT2D eigenvalue weighted by Crippen LogP contribution is 2.16. The van der Waals surface area contributed by atoms with Gasteiger partial charge in [-0.25, -0.2) is 0 Å². The summed E-state index contributed by atoms with van der Waals surface area (Å²) in [5.74, 6) is 0.753. The molecule has 1 aliphatic rings. The monoisotopic (exact) mass is 305 g/mol. The molecule has 1 saturated heterocycles. The van der Waals surface area contributed by atoms with Gasteiger partial charge in [-0.2, -0.15) is 0 Å². The molecule has 2 aromatic rings. The molecular formula is C17H22ClN2O+. The summed E-state index contributed by atoms with van der Waals surface area (Å²) in [6.45, 7) is 7.44. The van der Waals surface area contributed by atoms with Crippen LogP contribution in [0.4, 0.5) is 0 Å². The number of hydrogen-bond donors (Lipinski definition) is 2. The number of nitrogens with one attached hydrogen (secondary N) is 2. The minimum Gasteiger partial charge on any atom is -0.358 e. The maximum Gasteiger partial charge on any atom is 0.198 e. The Morgan fingerprint density at radius 2 is 2.24 bits per heavy atom. The Labute approximate surface area is 129 Å². The summed E-state index contributed by atoms with van der Waals surface area (Å²) < 4.78 is 0. The van der Waals surface area contributed by atoms with Gasteiger partial charge in [-0.15, -0.1) is 0 Å². The fourth-order valence-electron chi connectivity index (χ4n) is 3.44. The first kappa shape index (κ1) is 14.6. The van der Waals surface area contributed by atoms with Crippen LogP contribution in [0.5, 0.6) is 0 Å². The van der Waals surface area contributed by atoms with Crippen molar-refractivity contribution >= 4 is 22.5 Å². The van der Waals surface area contributed by atoms with Gasteiger partial charge in [0.1, 0.15) is 6.54 Å². The van der Waals surface area contributed by atoms with Crippen LogP contribution in [0.1, 0.15) is 31.0 Å². The lowest BCUT2D eigenvalue weighted by molar-refractivity contribution is -0.922. The van der Waals surface area contributed by atoms with Crippen LogP contribution in [0.2, 0.25) is 5.02 Å². The molecule has 0 amide bonds. The smallest absolute Gasteiger partial charge is 0.198 e. The van der Waals surface area contributed by atoms with Crippen LogP contribution in [0.25, 0.3) is 10.9 Å². The molecule has 0 spiro atoms. The largest absolute Gasteiger partial charge is 0.358 e. The second-order valence-electron chi connectivity index (χ2n) is 6.38. The number of hydrogen-bond acceptors (Lipinski definition) is 1. The van der Waals surface area contributed by atoms with Gasteiger partial charge in [0.05, 0.1) is 18.7 Å². The van der Waals surface area contributed by atoms with Gasteiger partial charge in [0.15, 0.2) is 5.43 Å². The van der Waals surface area contributed by atoms with Gasteiger partial charge >= 0.3 is 0 Å². The zero-order chi connectivity index (χ0) is 15.0. The van der Waals surface area contributed by atoms with Crippen molar-refractivity contribution < 1.29 is 4.90 Å². The minimum absolute atomic E-state index is 0.134. The second kappa shape index (κ2) is 5.82. The second-order valence-corrected chi connectivity index (χ2v) is 6.81. The van der Waals surface area contributed by atoms with Crippen LogP contribution in [-0.2, 0) is 6.54 Å². The number of H-pyrrole nitrogens is 1. The molecule has 21 heavy (non-hydrogen) atoms. The Balaban J connectivity index is 2.00. The van der Waals surface area contributed by atoms with E-state index in [2.05, 4.69) is 11.9 Å². The van der Waals surface area contributed by atoms with Gasteiger partial charge in [-0.05, 0) is 38.0 Å². The Morgan fingerprint density at radius 3 is 3.00 bits per heavy atom. The maximum atomic E-state index is 12.8. The van der Waals surface area contributed by atoms with Gasteiger partial charge < -0.3 is 9.88 Å². The van der Waals surface area contributed by atoms with E-state index in [4.69, 9.17) is 11.6 Å². The van der Waals surface area contributed by atoms with Crippen LogP contribution in [-0.4, -0.2) is 18.1 Å². The van der Waals surface area contributed by atoms with Crippen LogP contribution in [0.15, 0.2) is 23.0 Å². The lowest BCUT2D eigenvalue weighted by atomic mass is 9.99. The molecule has 1 aliphatic heterocycles. The molecule has 0 bridgehead atoms. The predicted octanol–water partition coefficient (Wildman–Crippen LogP) is 2.30. The standard InChI is InChI=1S/C17H21ClN2O/c1-11-4-3-7-20(9-11)10-15-12(2)19-16-6-5-13(18)8-14(16)17(15)21/h5-6,8,11H,3-4,7,9-10H2,1-2H3,(H,19,21)/p+1/t11-/m1/s1. The highest BCUT2D eigenvalue weighted by Gasteiger charge is 2.22. The summed E-state index contributed by atoms with van der Waals surface area (Å²) >= 11 is 6.04. The molecule has 112 valence electrons. The Morgan fingerprint density at radius 1 is 1.43 bits per heavy atom. The molecule has 2 heterocycles. The van der Waals surface area contributed by atoms with Gasteiger partial charge in [-0.3, -0.25) is 4.79 Å². The van der Waals surface area contributed by atoms with Gasteiger partial charge in [-0.1, -0.05) is 18.5 Å². The normalized spacial score (nSPS) is 22.6. The van der Waals surface area contributed by atoms with E-state index in [0.717, 1.165) is 42.3 Å². The lowest BCUT2D eigenvalue weighted by Crippen LogP contribution is -3.12. The van der Waals surface area contributed by atoms with Crippen molar-refractivity contribution in [3.05, 3.63) is 44.7 Å². The molecule has 0 radical (unpaired) electrons. The fraction of sp³-hybridized carbons (Fsp3) is 0.471. The van der Waals surface area contributed by atoms with E-state index < -0.39 is 0 Å². The molecule has 3 nitrogen and oxygen atoms in total. The molecule has 4 heteroatoms. The van der Waals surface area contributed by atoms with Crippen molar-refractivity contribution in [1.82, 2.24) is 4.98 Å². The molecule has 0 saturated carbocycles. The molecule has 1 aromatic carbocycles. The fourth-order valence-corrected chi connectivity index (χ4v) is 3.62. The molecule has 0 aliphatic carbocycles. The molecular weight excluding hydrogens is 284 g/mol. The summed E-state index contributed by atoms with van der Waals surface area (Å²) in [7, 11) is 0. The molecule has 3 rings (SSSR count). The van der Waals surface area contributed by atoms with Crippen molar-refractivity contribution in [2.45, 2.75) is 33.2 Å². The first-order chi connectivity index (χ1) is 10.0. The number of piperidine rings is 1. The van der Waals surface area contributed by atoms with Gasteiger partial charge in [0.2, 0.25) is 0 Å². The van der Waals surface area contributed by atoms with Crippen LogP contribution < -0.4 is 10.3 Å². The molecule has 1 fully saturated rings. The number of halogens is 1. The summed E-state index contributed by atoms with van der Waals surface area (Å²) in [6, 6.07) is 5.47. The van der Waals surface area contributed by atoms with E-state index in [0.29, 0.717) is 10.4 Å². The number of benzene rings is 1. The first-order valence-electron chi connectivity index (χ1n) is 7.69. The summed E-state index contributed by atoms with van der Waals surface area (Å²) in [4.78, 5) is 17.6. The zero-order valence-corrected chi connectivity index (χ0v) is 13.4. The lowest BCUT2D eigenvalue weighted by Gasteiger charge is -2.28. The highest BCUT2D eigenvalue weighted by atomic mass is 35.5. The summed E-state index contributed by atoms with van der Waals surface area (Å²) in [5.41, 5.74) is 2.90. The van der Waals surface area contributed by atoms with E-state index in [1.165, 1.54) is 17.7 Å². The van der Waals surface area contributed by atoms with E-state index >= 15 is 0 Å². The number of fused-ring (bicyclic) bond motifs is 1. The maximum absolute atomic E-state index is 12.8. The molecule has 1 aromatic heterocycles. The topological polar surface area (TPSA) is 37.3 Å². The number of aryl methyl sites for hydroxylation is 1. The molecule has 1 unspecified atom stereocenters. The van der Waals surface area contributed by atoms with Crippen molar-refractivity contribution in [3.8, 4) is 0 Å². The Hall–Kier alpha value is -1.32. The van der Waals surface area contributed by atoms with Crippen molar-refractivity contribution in [1.29, 1.82) is 0 Å². The number of aromatic nitrogens is 1. The van der Waals surface area contributed by atoms with Crippen LogP contribution in [0, 0.1) is 12.8 Å². The van der Waals surface area contributed by atoms with Crippen molar-refractivity contribution in [3.63, 3.8) is 0 Å². The highest BCUT2D eigenvalue weighted by molar-refractivity contribution is 6.31. The first-order valence-corrected chi connectivity index (χ1v) is 8.07. The van der Waals surface area contributed by atoms with E-state index in [9.17, 15) is 4.79 Å². The van der Waals surface area contributed by atoms with Gasteiger partial charge in [0.25, 0.3) is 0 Å². The van der Waals surface area contributed by atoms with E-state index in [-0.39, 0.29) is 5.43 Å². The average Bonchev–Trinajstić information content (AvgIpc) is 2.45. The van der Waals surface area contributed by atoms with Crippen molar-refractivity contribution in [2.75, 3.05) is 13.1 Å². The number of aromatic amines is 1. The SMILES string of the molecule is Cc1[nH]c2ccc(Cl)cc2c(=O)c1C[NH+]1CCC[C@@H](C)C1. The third-order valence-corrected chi connectivity index (χ3v) is 4.80. The zero-order valence-electron chi connectivity index (χ0n) is 12.6. The van der Waals surface area contributed by atoms with Crippen LogP contribution >= 0.6 is 11.6 Å². The van der Waals surface area contributed by atoms with Gasteiger partial charge in [0, 0.05) is 27.5 Å². The molecule has 2 N–H and O–H groups in total. The summed E-state index contributed by atoms with van der Waals surface area (Å²) in [6.07, 6.45) is 2.57. The summed E-state index contributed by atoms with van der Waals surface area (Å²) in [5, 5.41) is 1.31. The Kier molecular flexibility index (Phi) is 4.05. The number of likely N-dealkylation sites (tertiary alicyclic amines) is 1. The predicted molar refractivity (Wildman–Crippen MR) is 87.1 cm³/mol. The molecule has 2 atom stereocenters.